The zero-order valence-electron chi connectivity index (χ0n) is 20.7. The van der Waals surface area contributed by atoms with Crippen molar-refractivity contribution >= 4 is 11.0 Å². The van der Waals surface area contributed by atoms with Crippen LogP contribution in [0, 0.1) is 11.8 Å². The van der Waals surface area contributed by atoms with Crippen LogP contribution in [0.4, 0.5) is 8.78 Å². The molecule has 2 aromatic carbocycles. The Morgan fingerprint density at radius 2 is 1.68 bits per heavy atom. The SMILES string of the molecule is CC(F)(F)Oc1ccc2nc(-c3ccc(-c4ccc(CC5CCC(CC(O)O)CC5)cc4)cn3)[nH]c2c1. The molecule has 1 saturated carbocycles. The third kappa shape index (κ3) is 6.50. The number of nitrogens with one attached hydrogen (secondary N) is 1. The van der Waals surface area contributed by atoms with E-state index < -0.39 is 12.4 Å². The fraction of sp³-hybridized carbons (Fsp3) is 0.379. The molecule has 4 aromatic rings. The first-order valence-corrected chi connectivity index (χ1v) is 12.7. The van der Waals surface area contributed by atoms with Gasteiger partial charge >= 0.3 is 6.11 Å². The van der Waals surface area contributed by atoms with Crippen molar-refractivity contribution in [3.05, 3.63) is 66.4 Å². The standard InChI is InChI=1S/C29H31F2N3O3/c1-29(30,31)37-23-11-13-24-26(16-23)34-28(33-24)25-12-10-22(17-32-25)21-8-6-19(7-9-21)14-18-2-4-20(5-3-18)15-27(35)36/h6-13,16-18,20,27,35-36H,2-5,14-15H2,1H3,(H,33,34). The Balaban J connectivity index is 1.22. The number of halogens is 2. The van der Waals surface area contributed by atoms with E-state index in [4.69, 9.17) is 0 Å². The molecule has 3 N–H and O–H groups in total. The molecule has 0 bridgehead atoms. The second kappa shape index (κ2) is 10.6. The summed E-state index contributed by atoms with van der Waals surface area (Å²) in [6.07, 6.45) is 3.28. The number of alkyl halides is 2. The highest BCUT2D eigenvalue weighted by molar-refractivity contribution is 5.80. The predicted molar refractivity (Wildman–Crippen MR) is 138 cm³/mol. The monoisotopic (exact) mass is 507 g/mol. The number of ether oxygens (including phenoxy) is 1. The highest BCUT2D eigenvalue weighted by Crippen LogP contribution is 2.34. The van der Waals surface area contributed by atoms with Crippen LogP contribution in [0.2, 0.25) is 0 Å². The number of pyridine rings is 1. The van der Waals surface area contributed by atoms with E-state index in [0.717, 1.165) is 43.2 Å². The van der Waals surface area contributed by atoms with Crippen molar-refractivity contribution in [2.24, 2.45) is 11.8 Å². The van der Waals surface area contributed by atoms with Gasteiger partial charge in [0.2, 0.25) is 0 Å². The maximum atomic E-state index is 13.2. The number of imidazole rings is 1. The maximum absolute atomic E-state index is 13.2. The second-order valence-electron chi connectivity index (χ2n) is 10.1. The molecule has 0 aliphatic heterocycles. The minimum absolute atomic E-state index is 0.0659. The number of hydrogen-bond acceptors (Lipinski definition) is 5. The van der Waals surface area contributed by atoms with Crippen molar-refractivity contribution in [2.75, 3.05) is 0 Å². The van der Waals surface area contributed by atoms with E-state index >= 15 is 0 Å². The Bertz CT molecular complexity index is 1320. The van der Waals surface area contributed by atoms with Crippen molar-refractivity contribution in [1.29, 1.82) is 0 Å². The smallest absolute Gasteiger partial charge is 0.394 e. The molecular formula is C29H31F2N3O3. The van der Waals surface area contributed by atoms with Gasteiger partial charge < -0.3 is 19.9 Å². The number of benzene rings is 2. The number of aliphatic hydroxyl groups excluding tert-OH is 1. The van der Waals surface area contributed by atoms with Crippen LogP contribution in [0.15, 0.2) is 60.8 Å². The molecule has 1 aliphatic carbocycles. The number of aromatic amines is 1. The zero-order chi connectivity index (χ0) is 26.0. The van der Waals surface area contributed by atoms with Gasteiger partial charge in [-0.15, -0.1) is 0 Å². The minimum Gasteiger partial charge on any atom is -0.433 e. The summed E-state index contributed by atoms with van der Waals surface area (Å²) >= 11 is 0. The normalized spacial score (nSPS) is 18.4. The molecule has 0 amide bonds. The first-order valence-electron chi connectivity index (χ1n) is 12.7. The van der Waals surface area contributed by atoms with Crippen LogP contribution in [-0.2, 0) is 6.42 Å². The highest BCUT2D eigenvalue weighted by Gasteiger charge is 2.24. The maximum Gasteiger partial charge on any atom is 0.394 e. The number of fused-ring (bicyclic) bond motifs is 1. The van der Waals surface area contributed by atoms with Crippen molar-refractivity contribution in [2.45, 2.75) is 57.8 Å². The number of aromatic nitrogens is 3. The average molecular weight is 508 g/mol. The van der Waals surface area contributed by atoms with Gasteiger partial charge in [-0.3, -0.25) is 4.98 Å². The van der Waals surface area contributed by atoms with Crippen molar-refractivity contribution in [1.82, 2.24) is 15.0 Å². The van der Waals surface area contributed by atoms with Crippen LogP contribution >= 0.6 is 0 Å². The molecule has 8 heteroatoms. The highest BCUT2D eigenvalue weighted by atomic mass is 19.3. The molecular weight excluding hydrogens is 476 g/mol. The topological polar surface area (TPSA) is 91.3 Å². The van der Waals surface area contributed by atoms with Gasteiger partial charge in [-0.2, -0.15) is 8.78 Å². The first kappa shape index (κ1) is 25.3. The number of aliphatic hydroxyl groups is 2. The summed E-state index contributed by atoms with van der Waals surface area (Å²) in [7, 11) is 0. The summed E-state index contributed by atoms with van der Waals surface area (Å²) in [6, 6.07) is 17.1. The van der Waals surface area contributed by atoms with E-state index in [1.807, 2.05) is 12.1 Å². The van der Waals surface area contributed by atoms with Gasteiger partial charge in [0, 0.05) is 31.2 Å². The third-order valence-corrected chi connectivity index (χ3v) is 7.08. The van der Waals surface area contributed by atoms with E-state index in [2.05, 4.69) is 44.0 Å². The third-order valence-electron chi connectivity index (χ3n) is 7.08. The second-order valence-corrected chi connectivity index (χ2v) is 10.1. The summed E-state index contributed by atoms with van der Waals surface area (Å²) in [6.45, 7) is 0.702. The van der Waals surface area contributed by atoms with E-state index in [9.17, 15) is 19.0 Å². The van der Waals surface area contributed by atoms with Crippen molar-refractivity contribution < 1.29 is 23.7 Å². The van der Waals surface area contributed by atoms with Gasteiger partial charge in [-0.05, 0) is 73.3 Å². The molecule has 2 aromatic heterocycles. The van der Waals surface area contributed by atoms with Crippen LogP contribution in [0.5, 0.6) is 5.75 Å². The Morgan fingerprint density at radius 3 is 2.32 bits per heavy atom. The molecule has 37 heavy (non-hydrogen) atoms. The molecule has 1 aliphatic rings. The summed E-state index contributed by atoms with van der Waals surface area (Å²) in [5.41, 5.74) is 5.28. The molecule has 0 radical (unpaired) electrons. The van der Waals surface area contributed by atoms with Gasteiger partial charge in [0.05, 0.1) is 11.0 Å². The largest absolute Gasteiger partial charge is 0.433 e. The summed E-state index contributed by atoms with van der Waals surface area (Å²) < 4.78 is 31.0. The Labute approximate surface area is 214 Å². The van der Waals surface area contributed by atoms with Gasteiger partial charge in [-0.1, -0.05) is 30.3 Å². The van der Waals surface area contributed by atoms with Crippen LogP contribution in [0.1, 0.15) is 44.6 Å². The number of rotatable bonds is 8. The van der Waals surface area contributed by atoms with Crippen molar-refractivity contribution in [3.63, 3.8) is 0 Å². The molecule has 0 atom stereocenters. The summed E-state index contributed by atoms with van der Waals surface area (Å²) in [4.78, 5) is 12.2. The fourth-order valence-electron chi connectivity index (χ4n) is 5.22. The molecule has 0 unspecified atom stereocenters. The number of H-pyrrole nitrogens is 1. The summed E-state index contributed by atoms with van der Waals surface area (Å²) in [5, 5.41) is 18.4. The predicted octanol–water partition coefficient (Wildman–Crippen LogP) is 6.33. The van der Waals surface area contributed by atoms with Gasteiger partial charge in [-0.25, -0.2) is 4.98 Å². The lowest BCUT2D eigenvalue weighted by molar-refractivity contribution is -0.158. The van der Waals surface area contributed by atoms with Crippen LogP contribution in [-0.4, -0.2) is 37.6 Å². The quantitative estimate of drug-likeness (QED) is 0.242. The van der Waals surface area contributed by atoms with Crippen LogP contribution < -0.4 is 4.74 Å². The average Bonchev–Trinajstić information content (AvgIpc) is 3.28. The van der Waals surface area contributed by atoms with Crippen molar-refractivity contribution in [3.8, 4) is 28.4 Å². The lowest BCUT2D eigenvalue weighted by Crippen LogP contribution is -2.20. The molecule has 2 heterocycles. The molecule has 194 valence electrons. The number of hydrogen-bond donors (Lipinski definition) is 3. The molecule has 6 nitrogen and oxygen atoms in total. The lowest BCUT2D eigenvalue weighted by atomic mass is 9.78. The minimum atomic E-state index is -3.25. The van der Waals surface area contributed by atoms with E-state index in [-0.39, 0.29) is 5.75 Å². The lowest BCUT2D eigenvalue weighted by Gasteiger charge is -2.29. The van der Waals surface area contributed by atoms with E-state index in [1.165, 1.54) is 17.7 Å². The van der Waals surface area contributed by atoms with E-state index in [0.29, 0.717) is 47.7 Å². The van der Waals surface area contributed by atoms with Gasteiger partial charge in [0.25, 0.3) is 0 Å². The van der Waals surface area contributed by atoms with E-state index in [1.54, 1.807) is 12.3 Å². The molecule has 1 fully saturated rings. The Kier molecular flexibility index (Phi) is 7.22. The van der Waals surface area contributed by atoms with Gasteiger partial charge in [0.15, 0.2) is 12.1 Å². The Hall–Kier alpha value is -3.36. The molecule has 0 saturated heterocycles. The van der Waals surface area contributed by atoms with Crippen LogP contribution in [0.3, 0.4) is 0 Å². The molecule has 5 rings (SSSR count). The first-order chi connectivity index (χ1) is 17.7. The Morgan fingerprint density at radius 1 is 0.973 bits per heavy atom. The fourth-order valence-corrected chi connectivity index (χ4v) is 5.22. The number of nitrogens with zero attached hydrogens (tertiary/aromatic N) is 2. The summed E-state index contributed by atoms with van der Waals surface area (Å²) in [5.74, 6) is 1.69. The zero-order valence-corrected chi connectivity index (χ0v) is 20.7. The molecule has 0 spiro atoms. The van der Waals surface area contributed by atoms with Crippen LogP contribution in [0.25, 0.3) is 33.7 Å². The van der Waals surface area contributed by atoms with Gasteiger partial charge in [0.1, 0.15) is 11.4 Å².